The Morgan fingerprint density at radius 2 is 1.97 bits per heavy atom. The molecule has 0 aliphatic carbocycles. The van der Waals surface area contributed by atoms with Crippen LogP contribution in [0.15, 0.2) is 59.7 Å². The summed E-state index contributed by atoms with van der Waals surface area (Å²) < 4.78 is 11.4. The van der Waals surface area contributed by atoms with Gasteiger partial charge < -0.3 is 14.4 Å². The van der Waals surface area contributed by atoms with E-state index in [1.807, 2.05) is 36.2 Å². The maximum atomic E-state index is 5.90. The number of methoxy groups -OCH3 is 2. The van der Waals surface area contributed by atoms with Crippen molar-refractivity contribution in [2.45, 2.75) is 31.5 Å². The highest BCUT2D eigenvalue weighted by atomic mass is 32.2. The van der Waals surface area contributed by atoms with Gasteiger partial charge in [-0.3, -0.25) is 9.98 Å². The molecule has 3 heterocycles. The van der Waals surface area contributed by atoms with Gasteiger partial charge in [0.15, 0.2) is 5.17 Å². The Morgan fingerprint density at radius 1 is 1.10 bits per heavy atom. The van der Waals surface area contributed by atoms with E-state index in [9.17, 15) is 0 Å². The Bertz CT molecular complexity index is 1100. The summed E-state index contributed by atoms with van der Waals surface area (Å²) in [6.07, 6.45) is 2.93. The van der Waals surface area contributed by atoms with E-state index in [0.29, 0.717) is 6.04 Å². The monoisotopic (exact) mass is 419 g/mol. The van der Waals surface area contributed by atoms with Crippen LogP contribution in [0.2, 0.25) is 0 Å². The molecule has 0 amide bonds. The van der Waals surface area contributed by atoms with Crippen LogP contribution >= 0.6 is 11.8 Å². The number of rotatable bonds is 5. The van der Waals surface area contributed by atoms with Crippen LogP contribution in [-0.2, 0) is 0 Å². The number of amidine groups is 1. The molecule has 3 aromatic rings. The normalized spacial score (nSPS) is 22.8. The fraction of sp³-hybridized carbons (Fsp3) is 0.333. The first-order chi connectivity index (χ1) is 14.7. The topological polar surface area (TPSA) is 47.0 Å². The van der Waals surface area contributed by atoms with E-state index in [0.717, 1.165) is 45.5 Å². The molecule has 1 fully saturated rings. The molecule has 5 nitrogen and oxygen atoms in total. The number of aromatic nitrogens is 1. The third kappa shape index (κ3) is 3.01. The van der Waals surface area contributed by atoms with Crippen LogP contribution in [0.3, 0.4) is 0 Å². The molecular formula is C24H25N3O2S. The summed E-state index contributed by atoms with van der Waals surface area (Å²) in [6.45, 7) is 2.25. The maximum Gasteiger partial charge on any atom is 0.160 e. The Balaban J connectivity index is 1.76. The zero-order chi connectivity index (χ0) is 20.7. The first-order valence-corrected chi connectivity index (χ1v) is 11.3. The molecule has 154 valence electrons. The van der Waals surface area contributed by atoms with Crippen LogP contribution < -0.4 is 9.47 Å². The number of pyridine rings is 1. The third-order valence-electron chi connectivity index (χ3n) is 6.08. The summed E-state index contributed by atoms with van der Waals surface area (Å²) in [5.74, 6) is 2.79. The predicted molar refractivity (Wildman–Crippen MR) is 123 cm³/mol. The van der Waals surface area contributed by atoms with Gasteiger partial charge in [-0.15, -0.1) is 0 Å². The van der Waals surface area contributed by atoms with Crippen molar-refractivity contribution < 1.29 is 9.47 Å². The van der Waals surface area contributed by atoms with Gasteiger partial charge in [0, 0.05) is 23.6 Å². The fourth-order valence-corrected chi connectivity index (χ4v) is 5.91. The van der Waals surface area contributed by atoms with Gasteiger partial charge in [-0.25, -0.2) is 0 Å². The molecule has 0 radical (unpaired) electrons. The van der Waals surface area contributed by atoms with Crippen LogP contribution in [0.5, 0.6) is 11.5 Å². The number of nitrogens with zero attached hydrogens (tertiary/aromatic N) is 3. The van der Waals surface area contributed by atoms with E-state index in [1.54, 1.807) is 14.2 Å². The minimum absolute atomic E-state index is 0.0283. The average molecular weight is 420 g/mol. The SMILES string of the molecule is CC[C@@H]1CSC2=N[C@@H](c3ccccn3)[C@H](c3c(OC)ccc4ccc(OC)cc34)N21. The van der Waals surface area contributed by atoms with E-state index >= 15 is 0 Å². The second-order valence-electron chi connectivity index (χ2n) is 7.60. The Morgan fingerprint density at radius 3 is 2.70 bits per heavy atom. The number of ether oxygens (including phenoxy) is 2. The number of benzene rings is 2. The van der Waals surface area contributed by atoms with Gasteiger partial charge in [0.2, 0.25) is 0 Å². The average Bonchev–Trinajstić information content (AvgIpc) is 3.37. The smallest absolute Gasteiger partial charge is 0.160 e. The van der Waals surface area contributed by atoms with Crippen molar-refractivity contribution in [1.82, 2.24) is 9.88 Å². The van der Waals surface area contributed by atoms with Gasteiger partial charge in [-0.05, 0) is 47.5 Å². The molecule has 0 unspecified atom stereocenters. The second-order valence-corrected chi connectivity index (χ2v) is 8.59. The van der Waals surface area contributed by atoms with Gasteiger partial charge in [0.25, 0.3) is 0 Å². The largest absolute Gasteiger partial charge is 0.497 e. The minimum atomic E-state index is -0.0752. The molecule has 3 atom stereocenters. The quantitative estimate of drug-likeness (QED) is 0.567. The molecule has 0 bridgehead atoms. The number of aliphatic imine (C=N–C) groups is 1. The Labute approximate surface area is 181 Å². The molecule has 0 saturated carbocycles. The van der Waals surface area contributed by atoms with Crippen LogP contribution in [0, 0.1) is 0 Å². The van der Waals surface area contributed by atoms with Gasteiger partial charge in [-0.2, -0.15) is 0 Å². The highest BCUT2D eigenvalue weighted by Crippen LogP contribution is 2.52. The molecule has 6 heteroatoms. The molecule has 5 rings (SSSR count). The number of thioether (sulfide) groups is 1. The van der Waals surface area contributed by atoms with Crippen molar-refractivity contribution in [2.75, 3.05) is 20.0 Å². The first-order valence-electron chi connectivity index (χ1n) is 10.3. The molecule has 2 aromatic carbocycles. The van der Waals surface area contributed by atoms with Gasteiger partial charge in [0.05, 0.1) is 26.0 Å². The molecule has 2 aliphatic heterocycles. The second kappa shape index (κ2) is 7.84. The van der Waals surface area contributed by atoms with Gasteiger partial charge in [0.1, 0.15) is 17.5 Å². The Kier molecular flexibility index (Phi) is 5.03. The molecule has 30 heavy (non-hydrogen) atoms. The van der Waals surface area contributed by atoms with E-state index in [4.69, 9.17) is 14.5 Å². The van der Waals surface area contributed by atoms with Crippen LogP contribution in [0.1, 0.15) is 36.7 Å². The number of hydrogen-bond acceptors (Lipinski definition) is 6. The summed E-state index contributed by atoms with van der Waals surface area (Å²) in [6, 6.07) is 16.9. The minimum Gasteiger partial charge on any atom is -0.497 e. The predicted octanol–water partition coefficient (Wildman–Crippen LogP) is 5.23. The summed E-state index contributed by atoms with van der Waals surface area (Å²) >= 11 is 1.85. The van der Waals surface area contributed by atoms with Crippen LogP contribution in [-0.4, -0.2) is 41.1 Å². The molecule has 1 saturated heterocycles. The van der Waals surface area contributed by atoms with Crippen molar-refractivity contribution in [2.24, 2.45) is 4.99 Å². The van der Waals surface area contributed by atoms with Crippen molar-refractivity contribution in [3.8, 4) is 11.5 Å². The first kappa shape index (κ1) is 19.2. The lowest BCUT2D eigenvalue weighted by atomic mass is 9.90. The molecule has 0 N–H and O–H groups in total. The van der Waals surface area contributed by atoms with Crippen molar-refractivity contribution in [3.05, 3.63) is 66.0 Å². The van der Waals surface area contributed by atoms with E-state index < -0.39 is 0 Å². The van der Waals surface area contributed by atoms with Crippen LogP contribution in [0.25, 0.3) is 10.8 Å². The zero-order valence-corrected chi connectivity index (χ0v) is 18.2. The highest BCUT2D eigenvalue weighted by Gasteiger charge is 2.47. The maximum absolute atomic E-state index is 5.90. The molecular weight excluding hydrogens is 394 g/mol. The lowest BCUT2D eigenvalue weighted by molar-refractivity contribution is 0.250. The Hall–Kier alpha value is -2.73. The van der Waals surface area contributed by atoms with Gasteiger partial charge >= 0.3 is 0 Å². The lowest BCUT2D eigenvalue weighted by Crippen LogP contribution is -2.35. The van der Waals surface area contributed by atoms with Crippen LogP contribution in [0.4, 0.5) is 0 Å². The molecule has 2 aliphatic rings. The standard InChI is InChI=1S/C24H25N3O2S/c1-4-16-14-30-24-26-22(19-7-5-6-12-25-19)23(27(16)24)21-18-13-17(28-2)10-8-15(18)9-11-20(21)29-3/h5-13,16,22-23H,4,14H2,1-3H3/t16-,22+,23+/m1/s1. The lowest BCUT2D eigenvalue weighted by Gasteiger charge is -2.33. The summed E-state index contributed by atoms with van der Waals surface area (Å²) in [5, 5.41) is 3.42. The van der Waals surface area contributed by atoms with E-state index in [-0.39, 0.29) is 12.1 Å². The fourth-order valence-electron chi connectivity index (χ4n) is 4.58. The van der Waals surface area contributed by atoms with Crippen molar-refractivity contribution in [1.29, 1.82) is 0 Å². The van der Waals surface area contributed by atoms with E-state index in [1.165, 1.54) is 5.39 Å². The van der Waals surface area contributed by atoms with Crippen molar-refractivity contribution in [3.63, 3.8) is 0 Å². The summed E-state index contributed by atoms with van der Waals surface area (Å²) in [5.41, 5.74) is 2.14. The summed E-state index contributed by atoms with van der Waals surface area (Å²) in [4.78, 5) is 12.3. The highest BCUT2D eigenvalue weighted by molar-refractivity contribution is 8.14. The number of hydrogen-bond donors (Lipinski definition) is 0. The van der Waals surface area contributed by atoms with Crippen molar-refractivity contribution >= 4 is 27.7 Å². The zero-order valence-electron chi connectivity index (χ0n) is 17.4. The van der Waals surface area contributed by atoms with Gasteiger partial charge in [-0.1, -0.05) is 36.9 Å². The number of fused-ring (bicyclic) bond motifs is 2. The molecule has 1 aromatic heterocycles. The van der Waals surface area contributed by atoms with E-state index in [2.05, 4.69) is 47.1 Å². The third-order valence-corrected chi connectivity index (χ3v) is 7.20. The molecule has 0 spiro atoms. The summed E-state index contributed by atoms with van der Waals surface area (Å²) in [7, 11) is 3.45.